The Balaban J connectivity index is 2.72. The van der Waals surface area contributed by atoms with E-state index in [9.17, 15) is 10.1 Å². The van der Waals surface area contributed by atoms with Gasteiger partial charge in [0.2, 0.25) is 0 Å². The number of aliphatic hydroxyl groups excluding tert-OH is 1. The molecule has 5 heteroatoms. The van der Waals surface area contributed by atoms with Gasteiger partial charge in [-0.15, -0.1) is 0 Å². The molecule has 1 aromatic carbocycles. The third-order valence-electron chi connectivity index (χ3n) is 2.40. The highest BCUT2D eigenvalue weighted by molar-refractivity contribution is 5.51. The summed E-state index contributed by atoms with van der Waals surface area (Å²) in [5.74, 6) is 0. The lowest BCUT2D eigenvalue weighted by Gasteiger charge is -2.16. The van der Waals surface area contributed by atoms with Gasteiger partial charge >= 0.3 is 0 Å². The minimum atomic E-state index is -0.418. The fraction of sp³-hybridized carbons (Fsp3) is 0.455. The maximum absolute atomic E-state index is 10.6. The maximum atomic E-state index is 10.6. The smallest absolute Gasteiger partial charge is 0.271 e. The molecule has 1 unspecified atom stereocenters. The topological polar surface area (TPSA) is 75.4 Å². The fourth-order valence-electron chi connectivity index (χ4n) is 1.48. The van der Waals surface area contributed by atoms with Gasteiger partial charge in [-0.1, -0.05) is 13.0 Å². The lowest BCUT2D eigenvalue weighted by Crippen LogP contribution is -2.19. The predicted molar refractivity (Wildman–Crippen MR) is 62.5 cm³/mol. The fourth-order valence-corrected chi connectivity index (χ4v) is 1.48. The number of hydrogen-bond acceptors (Lipinski definition) is 4. The number of nitro groups is 1. The van der Waals surface area contributed by atoms with E-state index in [1.807, 2.05) is 6.92 Å². The molecule has 1 atom stereocenters. The van der Waals surface area contributed by atoms with Crippen LogP contribution in [-0.4, -0.2) is 22.7 Å². The van der Waals surface area contributed by atoms with Crippen LogP contribution in [0.15, 0.2) is 24.3 Å². The van der Waals surface area contributed by atoms with Gasteiger partial charge in [-0.25, -0.2) is 0 Å². The first-order valence-corrected chi connectivity index (χ1v) is 5.29. The summed E-state index contributed by atoms with van der Waals surface area (Å²) < 4.78 is 0. The second-order valence-electron chi connectivity index (χ2n) is 3.57. The number of benzene rings is 1. The Morgan fingerprint density at radius 2 is 2.31 bits per heavy atom. The number of nitro benzene ring substituents is 1. The molecule has 0 spiro atoms. The Kier molecular flexibility index (Phi) is 4.72. The molecule has 0 aliphatic rings. The van der Waals surface area contributed by atoms with Gasteiger partial charge < -0.3 is 10.4 Å². The third-order valence-corrected chi connectivity index (χ3v) is 2.40. The summed E-state index contributed by atoms with van der Waals surface area (Å²) >= 11 is 0. The molecular weight excluding hydrogens is 208 g/mol. The number of nitrogens with zero attached hydrogens (tertiary/aromatic N) is 1. The summed E-state index contributed by atoms with van der Waals surface area (Å²) in [4.78, 5) is 10.2. The van der Waals surface area contributed by atoms with Gasteiger partial charge in [-0.3, -0.25) is 10.1 Å². The Morgan fingerprint density at radius 3 is 2.88 bits per heavy atom. The molecular formula is C11H16N2O3. The summed E-state index contributed by atoms with van der Waals surface area (Å²) in [6.45, 7) is 2.12. The molecule has 2 N–H and O–H groups in total. The predicted octanol–water partition coefficient (Wildman–Crippen LogP) is 2.17. The average Bonchev–Trinajstić information content (AvgIpc) is 2.29. The van der Waals surface area contributed by atoms with Crippen molar-refractivity contribution in [3.63, 3.8) is 0 Å². The van der Waals surface area contributed by atoms with Crippen molar-refractivity contribution in [2.45, 2.75) is 25.8 Å². The standard InChI is InChI=1S/C11H16N2O3/c1-2-9(6-7-14)12-10-4-3-5-11(8-10)13(15)16/h3-5,8-9,12,14H,2,6-7H2,1H3. The van der Waals surface area contributed by atoms with E-state index in [4.69, 9.17) is 5.11 Å². The van der Waals surface area contributed by atoms with E-state index in [1.54, 1.807) is 12.1 Å². The summed E-state index contributed by atoms with van der Waals surface area (Å²) in [7, 11) is 0. The van der Waals surface area contributed by atoms with E-state index >= 15 is 0 Å². The van der Waals surface area contributed by atoms with Crippen molar-refractivity contribution in [3.05, 3.63) is 34.4 Å². The first-order valence-electron chi connectivity index (χ1n) is 5.29. The minimum Gasteiger partial charge on any atom is -0.396 e. The molecule has 0 bridgehead atoms. The highest BCUT2D eigenvalue weighted by Gasteiger charge is 2.09. The number of hydrogen-bond donors (Lipinski definition) is 2. The van der Waals surface area contributed by atoms with Crippen LogP contribution < -0.4 is 5.32 Å². The average molecular weight is 224 g/mol. The van der Waals surface area contributed by atoms with Gasteiger partial charge in [0.05, 0.1) is 4.92 Å². The Labute approximate surface area is 94.3 Å². The number of rotatable bonds is 6. The van der Waals surface area contributed by atoms with Crippen molar-refractivity contribution in [3.8, 4) is 0 Å². The molecule has 1 aromatic rings. The lowest BCUT2D eigenvalue weighted by molar-refractivity contribution is -0.384. The number of nitrogens with one attached hydrogen (secondary N) is 1. The van der Waals surface area contributed by atoms with Crippen LogP contribution in [0.2, 0.25) is 0 Å². The largest absolute Gasteiger partial charge is 0.396 e. The van der Waals surface area contributed by atoms with E-state index < -0.39 is 4.92 Å². The van der Waals surface area contributed by atoms with Crippen molar-refractivity contribution in [1.29, 1.82) is 0 Å². The molecule has 16 heavy (non-hydrogen) atoms. The second-order valence-corrected chi connectivity index (χ2v) is 3.57. The van der Waals surface area contributed by atoms with Crippen LogP contribution >= 0.6 is 0 Å². The normalized spacial score (nSPS) is 12.1. The molecule has 0 amide bonds. The molecule has 88 valence electrons. The first kappa shape index (κ1) is 12.4. The molecule has 0 fully saturated rings. The molecule has 0 heterocycles. The van der Waals surface area contributed by atoms with Crippen LogP contribution in [0, 0.1) is 10.1 Å². The maximum Gasteiger partial charge on any atom is 0.271 e. The van der Waals surface area contributed by atoms with Gasteiger partial charge in [-0.2, -0.15) is 0 Å². The van der Waals surface area contributed by atoms with E-state index in [1.165, 1.54) is 12.1 Å². The molecule has 0 saturated heterocycles. The highest BCUT2D eigenvalue weighted by atomic mass is 16.6. The second kappa shape index (κ2) is 6.07. The summed E-state index contributed by atoms with van der Waals surface area (Å²) in [5, 5.41) is 22.6. The van der Waals surface area contributed by atoms with Crippen molar-refractivity contribution in [2.24, 2.45) is 0 Å². The highest BCUT2D eigenvalue weighted by Crippen LogP contribution is 2.18. The molecule has 0 aliphatic heterocycles. The zero-order valence-electron chi connectivity index (χ0n) is 9.22. The van der Waals surface area contributed by atoms with Gasteiger partial charge in [-0.05, 0) is 18.9 Å². The third kappa shape index (κ3) is 3.51. The summed E-state index contributed by atoms with van der Waals surface area (Å²) in [5.41, 5.74) is 0.790. The Morgan fingerprint density at radius 1 is 1.56 bits per heavy atom. The SMILES string of the molecule is CCC(CCO)Nc1cccc([N+](=O)[O-])c1. The summed E-state index contributed by atoms with van der Waals surface area (Å²) in [6, 6.07) is 6.53. The number of aliphatic hydroxyl groups is 1. The summed E-state index contributed by atoms with van der Waals surface area (Å²) in [6.07, 6.45) is 1.50. The molecule has 0 radical (unpaired) electrons. The van der Waals surface area contributed by atoms with E-state index in [-0.39, 0.29) is 18.3 Å². The van der Waals surface area contributed by atoms with Crippen LogP contribution in [0.5, 0.6) is 0 Å². The minimum absolute atomic E-state index is 0.0730. The Hall–Kier alpha value is -1.62. The van der Waals surface area contributed by atoms with Crippen LogP contribution in [0.25, 0.3) is 0 Å². The van der Waals surface area contributed by atoms with E-state index in [0.29, 0.717) is 6.42 Å². The van der Waals surface area contributed by atoms with Gasteiger partial charge in [0.1, 0.15) is 0 Å². The van der Waals surface area contributed by atoms with E-state index in [2.05, 4.69) is 5.32 Å². The zero-order chi connectivity index (χ0) is 12.0. The molecule has 0 aromatic heterocycles. The van der Waals surface area contributed by atoms with Gasteiger partial charge in [0.15, 0.2) is 0 Å². The van der Waals surface area contributed by atoms with Crippen molar-refractivity contribution < 1.29 is 10.0 Å². The quantitative estimate of drug-likeness (QED) is 0.573. The van der Waals surface area contributed by atoms with Crippen LogP contribution in [0.1, 0.15) is 19.8 Å². The van der Waals surface area contributed by atoms with E-state index in [0.717, 1.165) is 12.1 Å². The number of anilines is 1. The van der Waals surface area contributed by atoms with Crippen molar-refractivity contribution in [2.75, 3.05) is 11.9 Å². The molecule has 1 rings (SSSR count). The van der Waals surface area contributed by atoms with Crippen LogP contribution in [-0.2, 0) is 0 Å². The lowest BCUT2D eigenvalue weighted by atomic mass is 10.1. The van der Waals surface area contributed by atoms with Gasteiger partial charge in [0, 0.05) is 30.5 Å². The van der Waals surface area contributed by atoms with Crippen LogP contribution in [0.4, 0.5) is 11.4 Å². The molecule has 0 aliphatic carbocycles. The number of non-ortho nitro benzene ring substituents is 1. The van der Waals surface area contributed by atoms with Crippen molar-refractivity contribution in [1.82, 2.24) is 0 Å². The zero-order valence-corrected chi connectivity index (χ0v) is 9.22. The molecule has 0 saturated carbocycles. The molecule has 5 nitrogen and oxygen atoms in total. The Bertz CT molecular complexity index is 355. The van der Waals surface area contributed by atoms with Crippen molar-refractivity contribution >= 4 is 11.4 Å². The first-order chi connectivity index (χ1) is 7.67. The van der Waals surface area contributed by atoms with Crippen LogP contribution in [0.3, 0.4) is 0 Å². The van der Waals surface area contributed by atoms with Gasteiger partial charge in [0.25, 0.3) is 5.69 Å². The monoisotopic (exact) mass is 224 g/mol.